The predicted octanol–water partition coefficient (Wildman–Crippen LogP) is 3.47. The van der Waals surface area contributed by atoms with Crippen molar-refractivity contribution < 1.29 is 9.53 Å². The number of pyridine rings is 1. The van der Waals surface area contributed by atoms with E-state index < -0.39 is 0 Å². The van der Waals surface area contributed by atoms with Crippen molar-refractivity contribution in [2.75, 3.05) is 7.11 Å². The first kappa shape index (κ1) is 11.4. The molecule has 3 nitrogen and oxygen atoms in total. The number of methoxy groups -OCH3 is 1. The predicted molar refractivity (Wildman–Crippen MR) is 66.4 cm³/mol. The van der Waals surface area contributed by atoms with Gasteiger partial charge in [-0.25, -0.2) is 4.98 Å². The summed E-state index contributed by atoms with van der Waals surface area (Å²) in [4.78, 5) is 14.8. The van der Waals surface area contributed by atoms with Crippen molar-refractivity contribution in [2.24, 2.45) is 0 Å². The maximum atomic E-state index is 10.7. The third-order valence-electron chi connectivity index (χ3n) is 2.17. The van der Waals surface area contributed by atoms with Crippen LogP contribution in [0.1, 0.15) is 10.5 Å². The van der Waals surface area contributed by atoms with Crippen LogP contribution in [0.5, 0.6) is 5.75 Å². The summed E-state index contributed by atoms with van der Waals surface area (Å²) in [5.41, 5.74) is 0.941. The van der Waals surface area contributed by atoms with Crippen molar-refractivity contribution in [1.82, 2.24) is 4.98 Å². The average Bonchev–Trinajstić information content (AvgIpc) is 2.29. The van der Waals surface area contributed by atoms with Gasteiger partial charge in [-0.2, -0.15) is 0 Å². The normalized spacial score (nSPS) is 10.4. The highest BCUT2D eigenvalue weighted by atomic mass is 79.9. The Kier molecular flexibility index (Phi) is 3.12. The fourth-order valence-corrected chi connectivity index (χ4v) is 2.19. The second kappa shape index (κ2) is 4.39. The van der Waals surface area contributed by atoms with Gasteiger partial charge in [-0.3, -0.25) is 4.79 Å². The maximum Gasteiger partial charge on any atom is 0.168 e. The van der Waals surface area contributed by atoms with E-state index in [1.54, 1.807) is 13.2 Å². The molecule has 0 unspecified atom stereocenters. The van der Waals surface area contributed by atoms with Crippen LogP contribution < -0.4 is 4.74 Å². The molecule has 16 heavy (non-hydrogen) atoms. The first-order chi connectivity index (χ1) is 7.65. The molecule has 0 aliphatic rings. The fourth-order valence-electron chi connectivity index (χ4n) is 1.42. The highest BCUT2D eigenvalue weighted by Gasteiger charge is 2.08. The number of ether oxygens (including phenoxy) is 1. The maximum absolute atomic E-state index is 10.7. The van der Waals surface area contributed by atoms with Crippen molar-refractivity contribution >= 4 is 44.7 Å². The molecule has 0 saturated carbocycles. The lowest BCUT2D eigenvalue weighted by Gasteiger charge is -2.06. The van der Waals surface area contributed by atoms with E-state index in [9.17, 15) is 4.79 Å². The number of hydrogen-bond acceptors (Lipinski definition) is 3. The van der Waals surface area contributed by atoms with Crippen molar-refractivity contribution in [2.45, 2.75) is 0 Å². The van der Waals surface area contributed by atoms with Crippen molar-refractivity contribution in [3.8, 4) is 5.75 Å². The fraction of sp³-hybridized carbons (Fsp3) is 0.0909. The molecule has 0 fully saturated rings. The molecule has 0 spiro atoms. The number of carbonyl (C=O) groups excluding carboxylic acids is 1. The second-order valence-corrected chi connectivity index (χ2v) is 4.41. The van der Waals surface area contributed by atoms with Crippen LogP contribution in [-0.2, 0) is 0 Å². The van der Waals surface area contributed by atoms with Crippen LogP contribution in [0.15, 0.2) is 22.7 Å². The first-order valence-electron chi connectivity index (χ1n) is 4.44. The lowest BCUT2D eigenvalue weighted by Crippen LogP contribution is -1.91. The van der Waals surface area contributed by atoms with Crippen LogP contribution in [0.4, 0.5) is 0 Å². The number of fused-ring (bicyclic) bond motifs is 1. The number of hydrogen-bond donors (Lipinski definition) is 0. The van der Waals surface area contributed by atoms with Gasteiger partial charge in [0.2, 0.25) is 0 Å². The summed E-state index contributed by atoms with van der Waals surface area (Å²) in [6.07, 6.45) is 0.667. The smallest absolute Gasteiger partial charge is 0.168 e. The summed E-state index contributed by atoms with van der Waals surface area (Å²) in [7, 11) is 1.57. The number of carbonyl (C=O) groups is 1. The number of aromatic nitrogens is 1. The number of aldehydes is 1. The summed E-state index contributed by atoms with van der Waals surface area (Å²) in [6.45, 7) is 0. The molecule has 1 heterocycles. The Hall–Kier alpha value is -1.13. The zero-order valence-corrected chi connectivity index (χ0v) is 10.7. The Balaban J connectivity index is 2.80. The van der Waals surface area contributed by atoms with Crippen LogP contribution in [0.25, 0.3) is 10.9 Å². The van der Waals surface area contributed by atoms with Crippen molar-refractivity contribution in [1.29, 1.82) is 0 Å². The minimum atomic E-state index is 0.307. The molecule has 2 aromatic rings. The molecule has 0 bridgehead atoms. The minimum Gasteiger partial charge on any atom is -0.495 e. The quantitative estimate of drug-likeness (QED) is 0.797. The summed E-state index contributed by atoms with van der Waals surface area (Å²) in [5.74, 6) is 0.652. The Morgan fingerprint density at radius 1 is 1.44 bits per heavy atom. The topological polar surface area (TPSA) is 39.2 Å². The molecular weight excluding hydrogens is 293 g/mol. The van der Waals surface area contributed by atoms with Gasteiger partial charge in [0.05, 0.1) is 22.1 Å². The van der Waals surface area contributed by atoms with Gasteiger partial charge in [0.1, 0.15) is 11.4 Å². The third-order valence-corrected chi connectivity index (χ3v) is 3.10. The molecule has 0 saturated heterocycles. The van der Waals surface area contributed by atoms with Gasteiger partial charge >= 0.3 is 0 Å². The highest BCUT2D eigenvalue weighted by Crippen LogP contribution is 2.32. The number of benzene rings is 1. The average molecular weight is 301 g/mol. The Morgan fingerprint density at radius 3 is 2.81 bits per heavy atom. The van der Waals surface area contributed by atoms with E-state index in [0.29, 0.717) is 28.3 Å². The zero-order chi connectivity index (χ0) is 11.7. The lowest BCUT2D eigenvalue weighted by molar-refractivity contribution is 0.111. The second-order valence-electron chi connectivity index (χ2n) is 3.15. The van der Waals surface area contributed by atoms with Gasteiger partial charge in [0, 0.05) is 11.5 Å². The van der Waals surface area contributed by atoms with Gasteiger partial charge in [-0.1, -0.05) is 11.6 Å². The molecule has 0 radical (unpaired) electrons. The molecule has 0 N–H and O–H groups in total. The molecule has 0 amide bonds. The first-order valence-corrected chi connectivity index (χ1v) is 5.61. The highest BCUT2D eigenvalue weighted by molar-refractivity contribution is 9.10. The van der Waals surface area contributed by atoms with Crippen LogP contribution in [-0.4, -0.2) is 18.4 Å². The monoisotopic (exact) mass is 299 g/mol. The third kappa shape index (κ3) is 1.90. The lowest BCUT2D eigenvalue weighted by atomic mass is 10.2. The standard InChI is InChI=1S/C11H7BrClNO2/c1-16-11-4-10-7(3-8(11)12)9(13)2-6(5-15)14-10/h2-5H,1H3. The largest absolute Gasteiger partial charge is 0.495 e. The SMILES string of the molecule is COc1cc2nc(C=O)cc(Cl)c2cc1Br. The Bertz CT molecular complexity index is 571. The van der Waals surface area contributed by atoms with Crippen LogP contribution >= 0.6 is 27.5 Å². The molecule has 82 valence electrons. The van der Waals surface area contributed by atoms with Crippen molar-refractivity contribution in [3.63, 3.8) is 0 Å². The van der Waals surface area contributed by atoms with E-state index in [1.807, 2.05) is 6.07 Å². The van der Waals surface area contributed by atoms with E-state index >= 15 is 0 Å². The van der Waals surface area contributed by atoms with Gasteiger partial charge < -0.3 is 4.74 Å². The number of halogens is 2. The van der Waals surface area contributed by atoms with Crippen molar-refractivity contribution in [3.05, 3.63) is 33.4 Å². The summed E-state index contributed by atoms with van der Waals surface area (Å²) in [6, 6.07) is 5.09. The Morgan fingerprint density at radius 2 is 2.19 bits per heavy atom. The Labute approximate surface area is 106 Å². The van der Waals surface area contributed by atoms with E-state index in [-0.39, 0.29) is 0 Å². The van der Waals surface area contributed by atoms with Crippen LogP contribution in [0.2, 0.25) is 5.02 Å². The van der Waals surface area contributed by atoms with Crippen LogP contribution in [0, 0.1) is 0 Å². The summed E-state index contributed by atoms with van der Waals surface area (Å²) < 4.78 is 5.94. The molecule has 0 aliphatic carbocycles. The van der Waals surface area contributed by atoms with Crippen LogP contribution in [0.3, 0.4) is 0 Å². The molecule has 2 rings (SSSR count). The molecule has 0 atom stereocenters. The van der Waals surface area contributed by atoms with Gasteiger partial charge in [0.25, 0.3) is 0 Å². The van der Waals surface area contributed by atoms with E-state index in [2.05, 4.69) is 20.9 Å². The van der Waals surface area contributed by atoms with E-state index in [4.69, 9.17) is 16.3 Å². The molecule has 0 aliphatic heterocycles. The summed E-state index contributed by atoms with van der Waals surface area (Å²) in [5, 5.41) is 1.27. The molecule has 5 heteroatoms. The molecule has 1 aromatic carbocycles. The molecule has 1 aromatic heterocycles. The van der Waals surface area contributed by atoms with E-state index in [0.717, 1.165) is 9.86 Å². The number of rotatable bonds is 2. The van der Waals surface area contributed by atoms with Gasteiger partial charge in [-0.05, 0) is 28.1 Å². The molecular formula is C11H7BrClNO2. The zero-order valence-electron chi connectivity index (χ0n) is 8.33. The summed E-state index contributed by atoms with van der Waals surface area (Å²) >= 11 is 9.41. The van der Waals surface area contributed by atoms with Gasteiger partial charge in [-0.15, -0.1) is 0 Å². The van der Waals surface area contributed by atoms with E-state index in [1.165, 1.54) is 6.07 Å². The number of nitrogens with zero attached hydrogens (tertiary/aromatic N) is 1. The minimum absolute atomic E-state index is 0.307. The van der Waals surface area contributed by atoms with Gasteiger partial charge in [0.15, 0.2) is 6.29 Å².